The minimum Gasteiger partial charge on any atom is -0.744 e. The van der Waals surface area contributed by atoms with E-state index < -0.39 is 10.1 Å². The van der Waals surface area contributed by atoms with Crippen LogP contribution < -0.4 is 10.5 Å². The lowest BCUT2D eigenvalue weighted by Gasteiger charge is -2.14. The van der Waals surface area contributed by atoms with Crippen LogP contribution in [0.25, 0.3) is 16.6 Å². The van der Waals surface area contributed by atoms with Gasteiger partial charge in [-0.25, -0.2) is 14.3 Å². The zero-order chi connectivity index (χ0) is 23.2. The second-order valence-corrected chi connectivity index (χ2v) is 10.1. The molecule has 4 aromatic rings. The SMILES string of the molecule is Cc1cc(C)c(S(=O)(=O)[O-])c(C)c1.Cc1cc2c(cc1C)[n+](N)c(C)c1ccc(Br)n12. The lowest BCUT2D eigenvalue weighted by Crippen LogP contribution is -2.48. The molecule has 0 bridgehead atoms. The maximum atomic E-state index is 10.8. The number of hydrogen-bond donors (Lipinski definition) is 1. The van der Waals surface area contributed by atoms with E-state index in [0.29, 0.717) is 11.1 Å². The van der Waals surface area contributed by atoms with Gasteiger partial charge < -0.3 is 4.55 Å². The van der Waals surface area contributed by atoms with Crippen LogP contribution in [0.1, 0.15) is 33.5 Å². The largest absolute Gasteiger partial charge is 0.744 e. The molecule has 0 radical (unpaired) electrons. The Labute approximate surface area is 191 Å². The number of aromatic nitrogens is 2. The molecule has 0 aliphatic rings. The molecule has 0 unspecified atom stereocenters. The normalized spacial score (nSPS) is 11.6. The van der Waals surface area contributed by atoms with Crippen LogP contribution in [0.4, 0.5) is 0 Å². The van der Waals surface area contributed by atoms with Gasteiger partial charge in [-0.05, 0) is 91.0 Å². The number of benzene rings is 2. The highest BCUT2D eigenvalue weighted by atomic mass is 79.9. The molecule has 0 fully saturated rings. The average molecular weight is 504 g/mol. The molecule has 31 heavy (non-hydrogen) atoms. The van der Waals surface area contributed by atoms with Gasteiger partial charge >= 0.3 is 0 Å². The first-order valence-electron chi connectivity index (χ1n) is 9.74. The van der Waals surface area contributed by atoms with Crippen molar-refractivity contribution in [2.75, 3.05) is 5.84 Å². The molecule has 0 saturated heterocycles. The molecule has 2 N–H and O–H groups in total. The van der Waals surface area contributed by atoms with E-state index in [4.69, 9.17) is 5.84 Å². The fraction of sp³-hybridized carbons (Fsp3) is 0.261. The number of fused-ring (bicyclic) bond motifs is 3. The Morgan fingerprint density at radius 1 is 0.871 bits per heavy atom. The van der Waals surface area contributed by atoms with Gasteiger partial charge in [0.1, 0.15) is 21.2 Å². The highest BCUT2D eigenvalue weighted by Gasteiger charge is 2.19. The van der Waals surface area contributed by atoms with Crippen molar-refractivity contribution < 1.29 is 17.6 Å². The second kappa shape index (κ2) is 8.26. The minimum atomic E-state index is -4.33. The Balaban J connectivity index is 0.000000187. The van der Waals surface area contributed by atoms with Crippen LogP contribution in [-0.2, 0) is 10.1 Å². The standard InChI is InChI=1S/C14H15BrN3.C9H12O3S/c1-8-6-12-13(7-9(8)2)18(16)10(3)11-4-5-14(15)17(11)12;1-6-4-7(2)9(8(3)5-6)13(10,11)12/h4-7H,16H2,1-3H3;4-5H,1-3H3,(H,10,11,12)/q+1;/p-1. The first-order valence-corrected chi connectivity index (χ1v) is 11.9. The molecule has 2 heterocycles. The molecule has 0 spiro atoms. The molecular formula is C23H26BrN3O3S. The maximum absolute atomic E-state index is 10.8. The van der Waals surface area contributed by atoms with Crippen molar-refractivity contribution in [1.82, 2.24) is 4.40 Å². The summed E-state index contributed by atoms with van der Waals surface area (Å²) in [5.74, 6) is 6.20. The molecule has 0 amide bonds. The van der Waals surface area contributed by atoms with E-state index in [1.807, 2.05) is 13.8 Å². The smallest absolute Gasteiger partial charge is 0.259 e. The average Bonchev–Trinajstić information content (AvgIpc) is 3.02. The van der Waals surface area contributed by atoms with E-state index in [1.165, 1.54) is 11.1 Å². The van der Waals surface area contributed by atoms with Gasteiger partial charge in [-0.3, -0.25) is 4.40 Å². The molecule has 6 nitrogen and oxygen atoms in total. The van der Waals surface area contributed by atoms with Gasteiger partial charge in [0.25, 0.3) is 5.52 Å². The lowest BCUT2D eigenvalue weighted by atomic mass is 10.1. The molecule has 0 aliphatic carbocycles. The number of hydrogen-bond acceptors (Lipinski definition) is 4. The number of rotatable bonds is 1. The summed E-state index contributed by atoms with van der Waals surface area (Å²) in [6.07, 6.45) is 0. The highest BCUT2D eigenvalue weighted by Crippen LogP contribution is 2.25. The topological polar surface area (TPSA) is 91.5 Å². The van der Waals surface area contributed by atoms with Gasteiger partial charge in [0.05, 0.1) is 9.50 Å². The van der Waals surface area contributed by atoms with Crippen LogP contribution in [0.5, 0.6) is 0 Å². The Kier molecular flexibility index (Phi) is 6.19. The van der Waals surface area contributed by atoms with Crippen LogP contribution in [0, 0.1) is 41.5 Å². The molecule has 0 aliphatic heterocycles. The minimum absolute atomic E-state index is 0.0851. The van der Waals surface area contributed by atoms with Gasteiger partial charge in [-0.2, -0.15) is 0 Å². The van der Waals surface area contributed by atoms with E-state index in [1.54, 1.807) is 30.7 Å². The maximum Gasteiger partial charge on any atom is 0.259 e. The third kappa shape index (κ3) is 4.33. The molecular weight excluding hydrogens is 478 g/mol. The molecule has 2 aromatic carbocycles. The van der Waals surface area contributed by atoms with E-state index in [-0.39, 0.29) is 4.90 Å². The number of aryl methyl sites for hydroxylation is 6. The monoisotopic (exact) mass is 503 g/mol. The Morgan fingerprint density at radius 3 is 1.97 bits per heavy atom. The Hall–Kier alpha value is -2.42. The molecule has 8 heteroatoms. The van der Waals surface area contributed by atoms with E-state index >= 15 is 0 Å². The summed E-state index contributed by atoms with van der Waals surface area (Å²) in [6.45, 7) is 11.4. The van der Waals surface area contributed by atoms with Crippen LogP contribution in [-0.4, -0.2) is 17.4 Å². The molecule has 4 rings (SSSR count). The molecule has 0 saturated carbocycles. The van der Waals surface area contributed by atoms with E-state index in [9.17, 15) is 13.0 Å². The summed E-state index contributed by atoms with van der Waals surface area (Å²) < 4.78 is 37.5. The second-order valence-electron chi connectivity index (χ2n) is 7.94. The first kappa shape index (κ1) is 23.2. The van der Waals surface area contributed by atoms with Gasteiger partial charge in [-0.1, -0.05) is 22.4 Å². The summed E-state index contributed by atoms with van der Waals surface area (Å²) in [7, 11) is -4.33. The van der Waals surface area contributed by atoms with Crippen LogP contribution in [0.15, 0.2) is 45.9 Å². The summed E-state index contributed by atoms with van der Waals surface area (Å²) in [6, 6.07) is 11.8. The Bertz CT molecular complexity index is 1420. The summed E-state index contributed by atoms with van der Waals surface area (Å²) in [5, 5.41) is 0. The molecule has 2 aromatic heterocycles. The quantitative estimate of drug-likeness (QED) is 0.238. The van der Waals surface area contributed by atoms with Crippen LogP contribution in [0.3, 0.4) is 0 Å². The van der Waals surface area contributed by atoms with Crippen molar-refractivity contribution in [2.45, 2.75) is 46.4 Å². The predicted molar refractivity (Wildman–Crippen MR) is 126 cm³/mol. The van der Waals surface area contributed by atoms with Crippen molar-refractivity contribution >= 4 is 42.6 Å². The number of nitrogens with zero attached hydrogens (tertiary/aromatic N) is 2. The number of nitrogens with two attached hydrogens (primary N) is 1. The summed E-state index contributed by atoms with van der Waals surface area (Å²) in [4.78, 5) is -0.0851. The number of halogens is 1. The molecule has 164 valence electrons. The zero-order valence-corrected chi connectivity index (χ0v) is 20.8. The van der Waals surface area contributed by atoms with Crippen molar-refractivity contribution in [3.8, 4) is 0 Å². The summed E-state index contributed by atoms with van der Waals surface area (Å²) >= 11 is 3.60. The van der Waals surface area contributed by atoms with Crippen molar-refractivity contribution in [2.24, 2.45) is 0 Å². The van der Waals surface area contributed by atoms with Gasteiger partial charge in [0, 0.05) is 13.0 Å². The van der Waals surface area contributed by atoms with Gasteiger partial charge in [-0.15, -0.1) is 0 Å². The van der Waals surface area contributed by atoms with Crippen molar-refractivity contribution in [1.29, 1.82) is 0 Å². The summed E-state index contributed by atoms with van der Waals surface area (Å²) in [5.41, 5.74) is 8.87. The van der Waals surface area contributed by atoms with Gasteiger partial charge in [0.2, 0.25) is 5.69 Å². The lowest BCUT2D eigenvalue weighted by molar-refractivity contribution is -0.617. The Morgan fingerprint density at radius 2 is 1.42 bits per heavy atom. The first-order chi connectivity index (χ1) is 14.3. The van der Waals surface area contributed by atoms with E-state index in [0.717, 1.165) is 32.4 Å². The highest BCUT2D eigenvalue weighted by molar-refractivity contribution is 9.10. The van der Waals surface area contributed by atoms with E-state index in [2.05, 4.69) is 58.4 Å². The fourth-order valence-corrected chi connectivity index (χ4v) is 5.38. The predicted octanol–water partition coefficient (Wildman–Crippen LogP) is 4.30. The third-order valence-corrected chi connectivity index (χ3v) is 7.27. The van der Waals surface area contributed by atoms with Crippen LogP contribution >= 0.6 is 15.9 Å². The van der Waals surface area contributed by atoms with Crippen molar-refractivity contribution in [3.05, 3.63) is 74.5 Å². The van der Waals surface area contributed by atoms with Crippen LogP contribution in [0.2, 0.25) is 0 Å². The molecule has 0 atom stereocenters. The zero-order valence-electron chi connectivity index (χ0n) is 18.4. The fourth-order valence-electron chi connectivity index (χ4n) is 3.96. The van der Waals surface area contributed by atoms with Gasteiger partial charge in [0.15, 0.2) is 0 Å². The van der Waals surface area contributed by atoms with Crippen molar-refractivity contribution in [3.63, 3.8) is 0 Å². The number of nitrogen functional groups attached to an aromatic ring is 1. The third-order valence-electron chi connectivity index (χ3n) is 5.51.